The molecule has 156 valence electrons. The Morgan fingerprint density at radius 3 is 2.73 bits per heavy atom. The quantitative estimate of drug-likeness (QED) is 0.598. The minimum Gasteiger partial charge on any atom is -0.484 e. The van der Waals surface area contributed by atoms with Gasteiger partial charge in [-0.2, -0.15) is 0 Å². The molecule has 0 aliphatic carbocycles. The van der Waals surface area contributed by atoms with Crippen molar-refractivity contribution in [2.45, 2.75) is 12.8 Å². The van der Waals surface area contributed by atoms with Crippen LogP contribution in [0.3, 0.4) is 0 Å². The van der Waals surface area contributed by atoms with E-state index in [0.29, 0.717) is 37.2 Å². The number of aryl methyl sites for hydroxylation is 1. The Kier molecular flexibility index (Phi) is 6.09. The number of likely N-dealkylation sites (tertiary alicyclic amines) is 1. The zero-order valence-electron chi connectivity index (χ0n) is 17.2. The number of hydrogen-bond donors (Lipinski definition) is 0. The molecule has 0 unspecified atom stereocenters. The lowest BCUT2D eigenvalue weighted by Gasteiger charge is -2.16. The van der Waals surface area contributed by atoms with E-state index < -0.39 is 0 Å². The van der Waals surface area contributed by atoms with Crippen LogP contribution in [0.1, 0.15) is 17.4 Å². The molecule has 1 fully saturated rings. The van der Waals surface area contributed by atoms with Gasteiger partial charge in [0.1, 0.15) is 5.75 Å². The van der Waals surface area contributed by atoms with E-state index in [1.165, 1.54) is 0 Å². The van der Waals surface area contributed by atoms with Crippen molar-refractivity contribution in [2.24, 2.45) is 5.92 Å². The highest BCUT2D eigenvalue weighted by Gasteiger charge is 2.39. The standard InChI is InChI=1S/C23H25N3O4/c1-16-7-6-10-19(11-16)29-15-21(27)26-12-18(14-28-2)20(13-26)23-25-24-22(30-23)17-8-4-3-5-9-17/h3-11,18,20H,12-15H2,1-2H3/t18-,20+/m0/s1. The zero-order valence-corrected chi connectivity index (χ0v) is 17.2. The lowest BCUT2D eigenvalue weighted by molar-refractivity contribution is -0.132. The Labute approximate surface area is 175 Å². The van der Waals surface area contributed by atoms with Gasteiger partial charge in [-0.05, 0) is 36.8 Å². The summed E-state index contributed by atoms with van der Waals surface area (Å²) in [5.41, 5.74) is 1.96. The van der Waals surface area contributed by atoms with Crippen LogP contribution in [0.2, 0.25) is 0 Å². The molecule has 1 aromatic heterocycles. The summed E-state index contributed by atoms with van der Waals surface area (Å²) in [7, 11) is 1.66. The summed E-state index contributed by atoms with van der Waals surface area (Å²) in [5.74, 6) is 1.65. The van der Waals surface area contributed by atoms with Gasteiger partial charge in [0.15, 0.2) is 6.61 Å². The summed E-state index contributed by atoms with van der Waals surface area (Å²) in [6.07, 6.45) is 0. The molecule has 1 amide bonds. The van der Waals surface area contributed by atoms with Gasteiger partial charge in [0.05, 0.1) is 12.5 Å². The molecule has 0 radical (unpaired) electrons. The summed E-state index contributed by atoms with van der Waals surface area (Å²) in [6, 6.07) is 17.3. The van der Waals surface area contributed by atoms with Crippen molar-refractivity contribution in [3.63, 3.8) is 0 Å². The number of carbonyl (C=O) groups is 1. The number of amides is 1. The van der Waals surface area contributed by atoms with Gasteiger partial charge in [0.2, 0.25) is 11.8 Å². The number of methoxy groups -OCH3 is 1. The fourth-order valence-corrected chi connectivity index (χ4v) is 3.76. The highest BCUT2D eigenvalue weighted by atomic mass is 16.5. The van der Waals surface area contributed by atoms with E-state index in [2.05, 4.69) is 10.2 Å². The molecule has 1 aliphatic rings. The Hall–Kier alpha value is -3.19. The molecule has 3 aromatic rings. The molecule has 2 heterocycles. The molecule has 0 spiro atoms. The van der Waals surface area contributed by atoms with Crippen LogP contribution in [0.25, 0.3) is 11.5 Å². The molecule has 7 heteroatoms. The SMILES string of the molecule is COC[C@@H]1CN(C(=O)COc2cccc(C)c2)C[C@H]1c1nnc(-c2ccccc2)o1. The third kappa shape index (κ3) is 4.52. The van der Waals surface area contributed by atoms with Crippen LogP contribution in [0.4, 0.5) is 0 Å². The second kappa shape index (κ2) is 9.09. The fourth-order valence-electron chi connectivity index (χ4n) is 3.76. The lowest BCUT2D eigenvalue weighted by Crippen LogP contribution is -2.33. The first-order valence-corrected chi connectivity index (χ1v) is 9.99. The van der Waals surface area contributed by atoms with Gasteiger partial charge < -0.3 is 18.8 Å². The van der Waals surface area contributed by atoms with Crippen LogP contribution in [0.5, 0.6) is 5.75 Å². The van der Waals surface area contributed by atoms with Crippen LogP contribution in [-0.4, -0.2) is 54.4 Å². The van der Waals surface area contributed by atoms with Crippen molar-refractivity contribution in [1.82, 2.24) is 15.1 Å². The monoisotopic (exact) mass is 407 g/mol. The average molecular weight is 407 g/mol. The van der Waals surface area contributed by atoms with E-state index in [9.17, 15) is 4.79 Å². The molecule has 4 rings (SSSR count). The summed E-state index contributed by atoms with van der Waals surface area (Å²) in [5, 5.41) is 8.46. The molecule has 0 bridgehead atoms. The number of carbonyl (C=O) groups excluding carboxylic acids is 1. The van der Waals surface area contributed by atoms with Crippen molar-refractivity contribution in [1.29, 1.82) is 0 Å². The largest absolute Gasteiger partial charge is 0.484 e. The Bertz CT molecular complexity index is 989. The van der Waals surface area contributed by atoms with Crippen LogP contribution < -0.4 is 4.74 Å². The predicted octanol–water partition coefficient (Wildman–Crippen LogP) is 3.31. The molecule has 1 aliphatic heterocycles. The van der Waals surface area contributed by atoms with Gasteiger partial charge in [0, 0.05) is 31.7 Å². The van der Waals surface area contributed by atoms with E-state index in [0.717, 1.165) is 11.1 Å². The first-order chi connectivity index (χ1) is 14.6. The topological polar surface area (TPSA) is 77.7 Å². The van der Waals surface area contributed by atoms with Crippen LogP contribution in [0.15, 0.2) is 59.0 Å². The number of ether oxygens (including phenoxy) is 2. The second-order valence-corrected chi connectivity index (χ2v) is 7.54. The maximum atomic E-state index is 12.8. The molecule has 7 nitrogen and oxygen atoms in total. The number of benzene rings is 2. The first-order valence-electron chi connectivity index (χ1n) is 9.99. The third-order valence-corrected chi connectivity index (χ3v) is 5.30. The smallest absolute Gasteiger partial charge is 0.260 e. The van der Waals surface area contributed by atoms with Crippen molar-refractivity contribution < 1.29 is 18.7 Å². The van der Waals surface area contributed by atoms with Crippen molar-refractivity contribution >= 4 is 5.91 Å². The van der Waals surface area contributed by atoms with Crippen LogP contribution >= 0.6 is 0 Å². The number of hydrogen-bond acceptors (Lipinski definition) is 6. The van der Waals surface area contributed by atoms with Crippen molar-refractivity contribution in [3.05, 3.63) is 66.1 Å². The van der Waals surface area contributed by atoms with Gasteiger partial charge in [-0.1, -0.05) is 30.3 Å². The number of rotatable bonds is 7. The van der Waals surface area contributed by atoms with Crippen molar-refractivity contribution in [3.8, 4) is 17.2 Å². The Morgan fingerprint density at radius 2 is 1.97 bits per heavy atom. The van der Waals surface area contributed by atoms with Crippen molar-refractivity contribution in [2.75, 3.05) is 33.4 Å². The van der Waals surface area contributed by atoms with E-state index >= 15 is 0 Å². The zero-order chi connectivity index (χ0) is 20.9. The molecule has 0 saturated carbocycles. The molecule has 2 aromatic carbocycles. The van der Waals surface area contributed by atoms with E-state index in [-0.39, 0.29) is 24.3 Å². The Balaban J connectivity index is 1.44. The van der Waals surface area contributed by atoms with Gasteiger partial charge in [-0.25, -0.2) is 0 Å². The van der Waals surface area contributed by atoms with E-state index in [1.807, 2.05) is 61.5 Å². The molecule has 2 atom stereocenters. The molecular weight excluding hydrogens is 382 g/mol. The maximum absolute atomic E-state index is 12.8. The van der Waals surface area contributed by atoms with Gasteiger partial charge in [-0.3, -0.25) is 4.79 Å². The van der Waals surface area contributed by atoms with Gasteiger partial charge >= 0.3 is 0 Å². The highest BCUT2D eigenvalue weighted by molar-refractivity contribution is 5.78. The van der Waals surface area contributed by atoms with E-state index in [4.69, 9.17) is 13.9 Å². The summed E-state index contributed by atoms with van der Waals surface area (Å²) in [6.45, 7) is 3.56. The van der Waals surface area contributed by atoms with Crippen LogP contribution in [-0.2, 0) is 9.53 Å². The Morgan fingerprint density at radius 1 is 1.13 bits per heavy atom. The molecule has 0 N–H and O–H groups in total. The summed E-state index contributed by atoms with van der Waals surface area (Å²) >= 11 is 0. The first kappa shape index (κ1) is 20.1. The summed E-state index contributed by atoms with van der Waals surface area (Å²) < 4.78 is 17.0. The third-order valence-electron chi connectivity index (χ3n) is 5.30. The average Bonchev–Trinajstić information content (AvgIpc) is 3.40. The van der Waals surface area contributed by atoms with Crippen LogP contribution in [0, 0.1) is 12.8 Å². The number of aromatic nitrogens is 2. The highest BCUT2D eigenvalue weighted by Crippen LogP contribution is 2.33. The lowest BCUT2D eigenvalue weighted by atomic mass is 9.97. The minimum atomic E-state index is -0.0715. The normalized spacial score (nSPS) is 18.5. The molecular formula is C23H25N3O4. The molecule has 30 heavy (non-hydrogen) atoms. The van der Waals surface area contributed by atoms with Gasteiger partial charge in [0.25, 0.3) is 5.91 Å². The maximum Gasteiger partial charge on any atom is 0.260 e. The second-order valence-electron chi connectivity index (χ2n) is 7.54. The fraction of sp³-hybridized carbons (Fsp3) is 0.348. The van der Waals surface area contributed by atoms with E-state index in [1.54, 1.807) is 12.0 Å². The predicted molar refractivity (Wildman–Crippen MR) is 111 cm³/mol. The molecule has 1 saturated heterocycles. The van der Waals surface area contributed by atoms with Gasteiger partial charge in [-0.15, -0.1) is 10.2 Å². The number of nitrogens with zero attached hydrogens (tertiary/aromatic N) is 3. The minimum absolute atomic E-state index is 0.00499. The summed E-state index contributed by atoms with van der Waals surface area (Å²) in [4.78, 5) is 14.5.